The van der Waals surface area contributed by atoms with Gasteiger partial charge in [0.25, 0.3) is 0 Å². The zero-order valence-electron chi connectivity index (χ0n) is 13.6. The molecule has 2 heteroatoms. The lowest BCUT2D eigenvalue weighted by molar-refractivity contribution is 0.556. The maximum Gasteiger partial charge on any atom is 0.0709 e. The summed E-state index contributed by atoms with van der Waals surface area (Å²) < 4.78 is 4.88. The third kappa shape index (κ3) is 2.08. The molecule has 2 nitrogen and oxygen atoms in total. The molecular formula is C20H26N2. The van der Waals surface area contributed by atoms with Crippen LogP contribution in [-0.2, 0) is 25.7 Å². The highest BCUT2D eigenvalue weighted by Gasteiger charge is 2.23. The first kappa shape index (κ1) is 13.9. The molecular weight excluding hydrogens is 268 g/mol. The number of rotatable bonds is 3. The van der Waals surface area contributed by atoms with E-state index in [4.69, 9.17) is 0 Å². The van der Waals surface area contributed by atoms with Gasteiger partial charge in [0.05, 0.1) is 6.04 Å². The highest BCUT2D eigenvalue weighted by Crippen LogP contribution is 2.32. The van der Waals surface area contributed by atoms with Crippen LogP contribution < -0.4 is 0 Å². The molecule has 22 heavy (non-hydrogen) atoms. The monoisotopic (exact) mass is 294 g/mol. The molecule has 2 aliphatic carbocycles. The Balaban J connectivity index is 1.77. The van der Waals surface area contributed by atoms with Crippen molar-refractivity contribution < 1.29 is 0 Å². The average molecular weight is 294 g/mol. The molecule has 2 aromatic rings. The Bertz CT molecular complexity index is 702. The van der Waals surface area contributed by atoms with Gasteiger partial charge in [-0.1, -0.05) is 6.58 Å². The minimum Gasteiger partial charge on any atom is -0.343 e. The molecule has 0 unspecified atom stereocenters. The van der Waals surface area contributed by atoms with Gasteiger partial charge in [-0.05, 0) is 81.5 Å². The van der Waals surface area contributed by atoms with Gasteiger partial charge in [0, 0.05) is 29.5 Å². The third-order valence-corrected chi connectivity index (χ3v) is 5.63. The van der Waals surface area contributed by atoms with E-state index in [1.807, 2.05) is 6.20 Å². The van der Waals surface area contributed by atoms with Crippen LogP contribution in [0.5, 0.6) is 0 Å². The Hall–Kier alpha value is -1.70. The average Bonchev–Trinajstić information content (AvgIpc) is 3.15. The van der Waals surface area contributed by atoms with Crippen LogP contribution in [0.3, 0.4) is 0 Å². The summed E-state index contributed by atoms with van der Waals surface area (Å²) in [4.78, 5) is 0. The summed E-state index contributed by atoms with van der Waals surface area (Å²) in [6, 6.07) is 5.17. The predicted octanol–water partition coefficient (Wildman–Crippen LogP) is 4.76. The molecule has 0 amide bonds. The van der Waals surface area contributed by atoms with Gasteiger partial charge in [-0.2, -0.15) is 0 Å². The van der Waals surface area contributed by atoms with Crippen molar-refractivity contribution in [1.82, 2.24) is 9.13 Å². The van der Waals surface area contributed by atoms with Crippen LogP contribution in [0.25, 0.3) is 6.20 Å². The fourth-order valence-corrected chi connectivity index (χ4v) is 4.44. The summed E-state index contributed by atoms with van der Waals surface area (Å²) in [6.45, 7) is 6.42. The molecule has 0 radical (unpaired) electrons. The van der Waals surface area contributed by atoms with E-state index in [-0.39, 0.29) is 0 Å². The minimum absolute atomic E-state index is 0.394. The van der Waals surface area contributed by atoms with Crippen LogP contribution in [-0.4, -0.2) is 9.13 Å². The highest BCUT2D eigenvalue weighted by molar-refractivity contribution is 5.41. The van der Waals surface area contributed by atoms with Crippen LogP contribution in [0, 0.1) is 0 Å². The van der Waals surface area contributed by atoms with Crippen LogP contribution in [0.15, 0.2) is 24.9 Å². The maximum absolute atomic E-state index is 4.08. The van der Waals surface area contributed by atoms with Gasteiger partial charge in [-0.25, -0.2) is 0 Å². The van der Waals surface area contributed by atoms with Gasteiger partial charge in [-0.15, -0.1) is 0 Å². The van der Waals surface area contributed by atoms with Gasteiger partial charge in [-0.3, -0.25) is 0 Å². The number of hydrogen-bond donors (Lipinski definition) is 0. The van der Waals surface area contributed by atoms with E-state index < -0.39 is 0 Å². The van der Waals surface area contributed by atoms with E-state index >= 15 is 0 Å². The normalized spacial score (nSPS) is 18.6. The van der Waals surface area contributed by atoms with Crippen molar-refractivity contribution in [2.24, 2.45) is 0 Å². The second-order valence-corrected chi connectivity index (χ2v) is 6.88. The SMILES string of the molecule is C=Cn1c([C@@H](C)n2ccc3c2CCCC3)cc2c1CCCC2. The quantitative estimate of drug-likeness (QED) is 0.772. The van der Waals surface area contributed by atoms with Crippen LogP contribution in [0.4, 0.5) is 0 Å². The first-order chi connectivity index (χ1) is 10.8. The first-order valence-corrected chi connectivity index (χ1v) is 8.83. The van der Waals surface area contributed by atoms with Crippen LogP contribution >= 0.6 is 0 Å². The lowest BCUT2D eigenvalue weighted by atomic mass is 9.97. The van der Waals surface area contributed by atoms with Gasteiger partial charge in [0.1, 0.15) is 0 Å². The molecule has 4 rings (SSSR count). The van der Waals surface area contributed by atoms with Crippen molar-refractivity contribution in [2.45, 2.75) is 64.3 Å². The second kappa shape index (κ2) is 5.49. The Kier molecular flexibility index (Phi) is 3.48. The second-order valence-electron chi connectivity index (χ2n) is 6.88. The van der Waals surface area contributed by atoms with E-state index in [0.29, 0.717) is 6.04 Å². The van der Waals surface area contributed by atoms with Gasteiger partial charge in [0.2, 0.25) is 0 Å². The smallest absolute Gasteiger partial charge is 0.0709 e. The molecule has 0 saturated carbocycles. The van der Waals surface area contributed by atoms with Gasteiger partial charge < -0.3 is 9.13 Å². The van der Waals surface area contributed by atoms with Crippen LogP contribution in [0.1, 0.15) is 66.9 Å². The van der Waals surface area contributed by atoms with Gasteiger partial charge >= 0.3 is 0 Å². The summed E-state index contributed by atoms with van der Waals surface area (Å²) in [5, 5.41) is 0. The molecule has 0 aromatic carbocycles. The fourth-order valence-electron chi connectivity index (χ4n) is 4.44. The molecule has 0 aliphatic heterocycles. The third-order valence-electron chi connectivity index (χ3n) is 5.63. The maximum atomic E-state index is 4.08. The van der Waals surface area contributed by atoms with Crippen LogP contribution in [0.2, 0.25) is 0 Å². The van der Waals surface area contributed by atoms with E-state index in [9.17, 15) is 0 Å². The molecule has 116 valence electrons. The molecule has 0 spiro atoms. The minimum atomic E-state index is 0.394. The van der Waals surface area contributed by atoms with Crippen molar-refractivity contribution in [3.8, 4) is 0 Å². The molecule has 0 saturated heterocycles. The molecule has 1 atom stereocenters. The van der Waals surface area contributed by atoms with E-state index in [0.717, 1.165) is 0 Å². The van der Waals surface area contributed by atoms with E-state index in [1.54, 1.807) is 16.8 Å². The number of aryl methyl sites for hydroxylation is 2. The number of aromatic nitrogens is 2. The van der Waals surface area contributed by atoms with E-state index in [1.165, 1.54) is 62.8 Å². The summed E-state index contributed by atoms with van der Waals surface area (Å²) in [7, 11) is 0. The van der Waals surface area contributed by atoms with Crippen molar-refractivity contribution in [1.29, 1.82) is 0 Å². The van der Waals surface area contributed by atoms with Crippen molar-refractivity contribution in [3.63, 3.8) is 0 Å². The molecule has 0 N–H and O–H groups in total. The summed E-state index contributed by atoms with van der Waals surface area (Å²) in [5.41, 5.74) is 7.59. The van der Waals surface area contributed by atoms with Crippen molar-refractivity contribution in [2.75, 3.05) is 0 Å². The summed E-state index contributed by atoms with van der Waals surface area (Å²) >= 11 is 0. The first-order valence-electron chi connectivity index (χ1n) is 8.83. The Morgan fingerprint density at radius 1 is 1.00 bits per heavy atom. The zero-order valence-corrected chi connectivity index (χ0v) is 13.6. The Labute approximate surface area is 133 Å². The summed E-state index contributed by atoms with van der Waals surface area (Å²) in [5.74, 6) is 0. The van der Waals surface area contributed by atoms with Crippen molar-refractivity contribution in [3.05, 3.63) is 53.1 Å². The molecule has 2 heterocycles. The highest BCUT2D eigenvalue weighted by atomic mass is 15.1. The van der Waals surface area contributed by atoms with Gasteiger partial charge in [0.15, 0.2) is 0 Å². The number of nitrogens with zero attached hydrogens (tertiary/aromatic N) is 2. The molecule has 2 aliphatic rings. The molecule has 0 bridgehead atoms. The Morgan fingerprint density at radius 3 is 2.45 bits per heavy atom. The topological polar surface area (TPSA) is 9.86 Å². The molecule has 0 fully saturated rings. The standard InChI is InChI=1S/C20H26N2/c1-3-21-19-11-7-5-9-17(19)14-20(21)15(2)22-13-12-16-8-4-6-10-18(16)22/h3,12-15H,1,4-11H2,2H3/t15-/m1/s1. The predicted molar refractivity (Wildman–Crippen MR) is 92.3 cm³/mol. The zero-order chi connectivity index (χ0) is 15.1. The van der Waals surface area contributed by atoms with Crippen molar-refractivity contribution >= 4 is 6.20 Å². The lowest BCUT2D eigenvalue weighted by Crippen LogP contribution is -2.15. The summed E-state index contributed by atoms with van der Waals surface area (Å²) in [6.07, 6.45) is 14.6. The fraction of sp³-hybridized carbons (Fsp3) is 0.500. The largest absolute Gasteiger partial charge is 0.343 e. The Morgan fingerprint density at radius 2 is 1.68 bits per heavy atom. The number of hydrogen-bond acceptors (Lipinski definition) is 0. The molecule has 2 aromatic heterocycles. The number of fused-ring (bicyclic) bond motifs is 2. The van der Waals surface area contributed by atoms with E-state index in [2.05, 4.69) is 41.0 Å². The lowest BCUT2D eigenvalue weighted by Gasteiger charge is -2.22.